The number of alkyl halides is 3. The Kier molecular flexibility index (Phi) is 7.58. The number of thioether (sulfide) groups is 1. The standard InChI is InChI=1S/C25H25F3N4O3S/c1-3-35-22(33)20-15(2)29-24-32(13-4-14-36-24)21(20)16-5-9-18(10-6-16)30-23(34)31-19-11-7-17(8-12-19)25(26,27)28/h5-12,21H,3-4,13-14H2,1-2H3,(H2,30,31,34). The van der Waals surface area contributed by atoms with E-state index < -0.39 is 23.7 Å². The summed E-state index contributed by atoms with van der Waals surface area (Å²) in [6.07, 6.45) is -3.49. The van der Waals surface area contributed by atoms with Gasteiger partial charge in [0.2, 0.25) is 0 Å². The Balaban J connectivity index is 1.49. The molecule has 2 aliphatic rings. The van der Waals surface area contributed by atoms with Gasteiger partial charge in [-0.15, -0.1) is 0 Å². The minimum Gasteiger partial charge on any atom is -0.463 e. The molecule has 0 bridgehead atoms. The van der Waals surface area contributed by atoms with E-state index in [2.05, 4.69) is 20.5 Å². The summed E-state index contributed by atoms with van der Waals surface area (Å²) in [7, 11) is 0. The molecule has 2 aromatic carbocycles. The minimum absolute atomic E-state index is 0.230. The van der Waals surface area contributed by atoms with Gasteiger partial charge >= 0.3 is 18.2 Å². The average molecular weight is 519 g/mol. The fourth-order valence-corrected chi connectivity index (χ4v) is 5.09. The van der Waals surface area contributed by atoms with Crippen LogP contribution in [0.2, 0.25) is 0 Å². The number of fused-ring (bicyclic) bond motifs is 1. The number of hydrogen-bond donors (Lipinski definition) is 2. The second-order valence-corrected chi connectivity index (χ2v) is 9.25. The van der Waals surface area contributed by atoms with E-state index in [0.29, 0.717) is 17.0 Å². The molecule has 0 aliphatic carbocycles. The number of carbonyl (C=O) groups is 2. The fourth-order valence-electron chi connectivity index (χ4n) is 4.07. The number of rotatable bonds is 5. The zero-order valence-corrected chi connectivity index (χ0v) is 20.5. The van der Waals surface area contributed by atoms with Crippen molar-refractivity contribution in [3.05, 3.63) is 70.9 Å². The highest BCUT2D eigenvalue weighted by atomic mass is 32.2. The van der Waals surface area contributed by atoms with Gasteiger partial charge in [0.25, 0.3) is 0 Å². The van der Waals surface area contributed by atoms with Gasteiger partial charge in [-0.05, 0) is 62.2 Å². The molecule has 1 saturated heterocycles. The molecule has 4 rings (SSSR count). The van der Waals surface area contributed by atoms with Gasteiger partial charge in [0, 0.05) is 23.7 Å². The predicted molar refractivity (Wildman–Crippen MR) is 134 cm³/mol. The molecule has 0 saturated carbocycles. The number of amidine groups is 1. The maximum Gasteiger partial charge on any atom is 0.416 e. The van der Waals surface area contributed by atoms with Crippen molar-refractivity contribution in [2.24, 2.45) is 4.99 Å². The number of amides is 2. The number of urea groups is 1. The predicted octanol–water partition coefficient (Wildman–Crippen LogP) is 6.04. The number of halogens is 3. The summed E-state index contributed by atoms with van der Waals surface area (Å²) in [6.45, 7) is 4.57. The molecular weight excluding hydrogens is 493 g/mol. The van der Waals surface area contributed by atoms with Crippen molar-refractivity contribution in [1.82, 2.24) is 4.90 Å². The second-order valence-electron chi connectivity index (χ2n) is 8.19. The van der Waals surface area contributed by atoms with Gasteiger partial charge in [-0.3, -0.25) is 0 Å². The van der Waals surface area contributed by atoms with Crippen molar-refractivity contribution >= 4 is 40.3 Å². The summed E-state index contributed by atoms with van der Waals surface area (Å²) in [4.78, 5) is 31.9. The first-order chi connectivity index (χ1) is 17.2. The lowest BCUT2D eigenvalue weighted by Gasteiger charge is -2.40. The van der Waals surface area contributed by atoms with E-state index in [-0.39, 0.29) is 18.3 Å². The quantitative estimate of drug-likeness (QED) is 0.472. The maximum atomic E-state index is 12.8. The van der Waals surface area contributed by atoms with Crippen LogP contribution in [0, 0.1) is 0 Å². The van der Waals surface area contributed by atoms with Gasteiger partial charge < -0.3 is 20.3 Å². The van der Waals surface area contributed by atoms with Gasteiger partial charge in [-0.2, -0.15) is 13.2 Å². The third kappa shape index (κ3) is 5.67. The number of hydrogen-bond acceptors (Lipinski definition) is 6. The number of aliphatic imine (C=N–C) groups is 1. The summed E-state index contributed by atoms with van der Waals surface area (Å²) in [5.74, 6) is 0.553. The summed E-state index contributed by atoms with van der Waals surface area (Å²) < 4.78 is 43.5. The Morgan fingerprint density at radius 1 is 1.08 bits per heavy atom. The number of esters is 1. The van der Waals surface area contributed by atoms with Crippen molar-refractivity contribution in [3.63, 3.8) is 0 Å². The number of nitrogens with one attached hydrogen (secondary N) is 2. The van der Waals surface area contributed by atoms with E-state index in [0.717, 1.165) is 41.6 Å². The number of allylic oxidation sites excluding steroid dienone is 1. The van der Waals surface area contributed by atoms with E-state index in [1.807, 2.05) is 12.1 Å². The molecule has 190 valence electrons. The van der Waals surface area contributed by atoms with Crippen LogP contribution in [0.25, 0.3) is 0 Å². The molecule has 7 nitrogen and oxygen atoms in total. The monoisotopic (exact) mass is 518 g/mol. The van der Waals surface area contributed by atoms with Crippen LogP contribution in [0.4, 0.5) is 29.3 Å². The largest absolute Gasteiger partial charge is 0.463 e. The van der Waals surface area contributed by atoms with Crippen LogP contribution >= 0.6 is 11.8 Å². The molecule has 2 amide bonds. The molecular formula is C25H25F3N4O3S. The lowest BCUT2D eigenvalue weighted by molar-refractivity contribution is -0.139. The van der Waals surface area contributed by atoms with Crippen molar-refractivity contribution in [2.75, 3.05) is 29.5 Å². The third-order valence-electron chi connectivity index (χ3n) is 5.71. The van der Waals surface area contributed by atoms with Crippen LogP contribution in [-0.2, 0) is 15.7 Å². The molecule has 2 aliphatic heterocycles. The SMILES string of the molecule is CCOC(=O)C1=C(C)N=C2SCCCN2C1c1ccc(NC(=O)Nc2ccc(C(F)(F)F)cc2)cc1. The smallest absolute Gasteiger partial charge is 0.416 e. The topological polar surface area (TPSA) is 83.0 Å². The van der Waals surface area contributed by atoms with Crippen LogP contribution in [-0.4, -0.2) is 41.0 Å². The van der Waals surface area contributed by atoms with E-state index in [1.165, 1.54) is 12.1 Å². The molecule has 36 heavy (non-hydrogen) atoms. The third-order valence-corrected chi connectivity index (χ3v) is 6.78. The Hall–Kier alpha value is -3.47. The highest BCUT2D eigenvalue weighted by Crippen LogP contribution is 2.40. The van der Waals surface area contributed by atoms with Crippen LogP contribution in [0.3, 0.4) is 0 Å². The molecule has 11 heteroatoms. The Morgan fingerprint density at radius 3 is 2.28 bits per heavy atom. The summed E-state index contributed by atoms with van der Waals surface area (Å²) in [6, 6.07) is 10.3. The van der Waals surface area contributed by atoms with E-state index in [4.69, 9.17) is 4.74 Å². The molecule has 1 atom stereocenters. The molecule has 0 radical (unpaired) electrons. The zero-order valence-electron chi connectivity index (χ0n) is 19.7. The van der Waals surface area contributed by atoms with Crippen LogP contribution in [0.1, 0.15) is 37.4 Å². The van der Waals surface area contributed by atoms with Gasteiger partial charge in [0.1, 0.15) is 0 Å². The highest BCUT2D eigenvalue weighted by Gasteiger charge is 2.37. The zero-order chi connectivity index (χ0) is 25.9. The first-order valence-electron chi connectivity index (χ1n) is 11.4. The average Bonchev–Trinajstić information content (AvgIpc) is 2.83. The normalized spacial score (nSPS) is 17.8. The lowest BCUT2D eigenvalue weighted by atomic mass is 9.94. The number of carbonyl (C=O) groups excluding carboxylic acids is 2. The van der Waals surface area contributed by atoms with Gasteiger partial charge in [-0.1, -0.05) is 23.9 Å². The van der Waals surface area contributed by atoms with Gasteiger partial charge in [-0.25, -0.2) is 14.6 Å². The Labute approximate surface area is 210 Å². The number of nitrogens with zero attached hydrogens (tertiary/aromatic N) is 2. The van der Waals surface area contributed by atoms with Crippen molar-refractivity contribution in [3.8, 4) is 0 Å². The van der Waals surface area contributed by atoms with Crippen LogP contribution in [0.5, 0.6) is 0 Å². The van der Waals surface area contributed by atoms with E-state index >= 15 is 0 Å². The van der Waals surface area contributed by atoms with Gasteiger partial charge in [0.15, 0.2) is 5.17 Å². The Morgan fingerprint density at radius 2 is 1.69 bits per heavy atom. The number of anilines is 2. The minimum atomic E-state index is -4.44. The Bertz CT molecular complexity index is 1190. The molecule has 2 aromatic rings. The molecule has 2 heterocycles. The maximum absolute atomic E-state index is 12.8. The summed E-state index contributed by atoms with van der Waals surface area (Å²) in [5, 5.41) is 6.05. The summed E-state index contributed by atoms with van der Waals surface area (Å²) >= 11 is 1.65. The first-order valence-corrected chi connectivity index (χ1v) is 12.4. The van der Waals surface area contributed by atoms with Crippen molar-refractivity contribution in [2.45, 2.75) is 32.5 Å². The highest BCUT2D eigenvalue weighted by molar-refractivity contribution is 8.13. The van der Waals surface area contributed by atoms with E-state index in [9.17, 15) is 22.8 Å². The first kappa shape index (κ1) is 25.6. The second kappa shape index (κ2) is 10.7. The van der Waals surface area contributed by atoms with E-state index in [1.54, 1.807) is 37.7 Å². The van der Waals surface area contributed by atoms with Gasteiger partial charge in [0.05, 0.1) is 29.5 Å². The molecule has 0 spiro atoms. The molecule has 2 N–H and O–H groups in total. The van der Waals surface area contributed by atoms with Crippen molar-refractivity contribution in [1.29, 1.82) is 0 Å². The molecule has 0 aromatic heterocycles. The van der Waals surface area contributed by atoms with Crippen LogP contribution in [0.15, 0.2) is 64.8 Å². The van der Waals surface area contributed by atoms with Crippen molar-refractivity contribution < 1.29 is 27.5 Å². The molecule has 1 fully saturated rings. The molecule has 1 unspecified atom stereocenters. The van der Waals surface area contributed by atoms with Crippen LogP contribution < -0.4 is 10.6 Å². The summed E-state index contributed by atoms with van der Waals surface area (Å²) in [5.41, 5.74) is 1.88. The number of ether oxygens (including phenoxy) is 1. The fraction of sp³-hybridized carbons (Fsp3) is 0.320. The number of benzene rings is 2. The lowest BCUT2D eigenvalue weighted by Crippen LogP contribution is -2.42.